The Bertz CT molecular complexity index is 831. The Kier molecular flexibility index (Phi) is 5.66. The highest BCUT2D eigenvalue weighted by atomic mass is 32.2. The summed E-state index contributed by atoms with van der Waals surface area (Å²) >= 11 is 1.32. The zero-order chi connectivity index (χ0) is 17.9. The van der Waals surface area contributed by atoms with E-state index in [9.17, 15) is 8.42 Å². The van der Waals surface area contributed by atoms with E-state index in [0.717, 1.165) is 42.9 Å². The molecule has 1 aromatic heterocycles. The van der Waals surface area contributed by atoms with Gasteiger partial charge in [-0.15, -0.1) is 11.3 Å². The van der Waals surface area contributed by atoms with Gasteiger partial charge in [0.25, 0.3) is 10.0 Å². The van der Waals surface area contributed by atoms with E-state index in [1.54, 1.807) is 13.2 Å². The van der Waals surface area contributed by atoms with Gasteiger partial charge in [-0.1, -0.05) is 13.0 Å². The summed E-state index contributed by atoms with van der Waals surface area (Å²) < 4.78 is 33.5. The van der Waals surface area contributed by atoms with Crippen molar-refractivity contribution in [2.45, 2.75) is 30.4 Å². The van der Waals surface area contributed by atoms with Crippen LogP contribution in [0.3, 0.4) is 0 Å². The van der Waals surface area contributed by atoms with Crippen LogP contribution in [0.5, 0.6) is 0 Å². The number of thiophene rings is 1. The minimum absolute atomic E-state index is 0.360. The fraction of sp³-hybridized carbons (Fsp3) is 0.444. The molecule has 3 rings (SSSR count). The Balaban J connectivity index is 1.83. The molecule has 7 heteroatoms. The number of hydrogen-bond donors (Lipinski definition) is 1. The van der Waals surface area contributed by atoms with E-state index in [-0.39, 0.29) is 0 Å². The van der Waals surface area contributed by atoms with Crippen molar-refractivity contribution in [2.75, 3.05) is 36.4 Å². The molecule has 1 N–H and O–H groups in total. The molecule has 0 saturated heterocycles. The lowest BCUT2D eigenvalue weighted by Crippen LogP contribution is -2.32. The second-order valence-electron chi connectivity index (χ2n) is 6.11. The van der Waals surface area contributed by atoms with Gasteiger partial charge in [0, 0.05) is 30.8 Å². The normalized spacial score (nSPS) is 14.4. The maximum Gasteiger partial charge on any atom is 0.271 e. The van der Waals surface area contributed by atoms with Crippen molar-refractivity contribution in [2.24, 2.45) is 0 Å². The summed E-state index contributed by atoms with van der Waals surface area (Å²) in [6.07, 6.45) is 2.97. The molecule has 136 valence electrons. The third-order valence-electron chi connectivity index (χ3n) is 4.37. The molecule has 0 spiro atoms. The molecular formula is C18H24N2O3S2. The predicted octanol–water partition coefficient (Wildman–Crippen LogP) is 3.51. The Morgan fingerprint density at radius 2 is 2.12 bits per heavy atom. The maximum atomic E-state index is 12.6. The van der Waals surface area contributed by atoms with Gasteiger partial charge in [0.15, 0.2) is 0 Å². The molecule has 1 aliphatic heterocycles. The molecule has 1 aliphatic rings. The molecule has 5 nitrogen and oxygen atoms in total. The van der Waals surface area contributed by atoms with Crippen LogP contribution < -0.4 is 9.62 Å². The van der Waals surface area contributed by atoms with E-state index in [0.29, 0.717) is 16.5 Å². The van der Waals surface area contributed by atoms with Gasteiger partial charge in [-0.2, -0.15) is 0 Å². The van der Waals surface area contributed by atoms with Gasteiger partial charge in [0.05, 0.1) is 12.3 Å². The van der Waals surface area contributed by atoms with Gasteiger partial charge in [-0.3, -0.25) is 4.72 Å². The summed E-state index contributed by atoms with van der Waals surface area (Å²) in [6, 6.07) is 9.37. The van der Waals surface area contributed by atoms with Crippen molar-refractivity contribution in [3.63, 3.8) is 0 Å². The Morgan fingerprint density at radius 3 is 2.84 bits per heavy atom. The van der Waals surface area contributed by atoms with Crippen LogP contribution in [0.15, 0.2) is 34.5 Å². The van der Waals surface area contributed by atoms with Crippen molar-refractivity contribution in [1.82, 2.24) is 0 Å². The van der Waals surface area contributed by atoms with E-state index in [4.69, 9.17) is 4.74 Å². The van der Waals surface area contributed by atoms with Crippen LogP contribution in [0.1, 0.15) is 23.8 Å². The second kappa shape index (κ2) is 7.76. The zero-order valence-corrected chi connectivity index (χ0v) is 16.3. The first-order valence-electron chi connectivity index (χ1n) is 8.52. The molecule has 0 aliphatic carbocycles. The summed E-state index contributed by atoms with van der Waals surface area (Å²) in [5.74, 6) is 0. The Labute approximate surface area is 153 Å². The first-order valence-corrected chi connectivity index (χ1v) is 10.8. The SMILES string of the molecule is CCc1ccc(S(=O)(=O)Nc2ccc3c(c2)N(CCOC)CCC3)s1. The highest BCUT2D eigenvalue weighted by Gasteiger charge is 2.20. The van der Waals surface area contributed by atoms with Crippen molar-refractivity contribution < 1.29 is 13.2 Å². The first-order chi connectivity index (χ1) is 12.0. The van der Waals surface area contributed by atoms with Gasteiger partial charge in [-0.25, -0.2) is 8.42 Å². The highest BCUT2D eigenvalue weighted by molar-refractivity contribution is 7.94. The molecule has 0 bridgehead atoms. The van der Waals surface area contributed by atoms with Crippen molar-refractivity contribution in [3.8, 4) is 0 Å². The largest absolute Gasteiger partial charge is 0.383 e. The van der Waals surface area contributed by atoms with Gasteiger partial charge in [0.1, 0.15) is 4.21 Å². The van der Waals surface area contributed by atoms with Crippen molar-refractivity contribution >= 4 is 32.7 Å². The Hall–Kier alpha value is -1.57. The first kappa shape index (κ1) is 18.2. The highest BCUT2D eigenvalue weighted by Crippen LogP contribution is 2.31. The number of aryl methyl sites for hydroxylation is 2. The van der Waals surface area contributed by atoms with Gasteiger partial charge < -0.3 is 9.64 Å². The molecule has 1 aromatic carbocycles. The fourth-order valence-corrected chi connectivity index (χ4v) is 5.39. The molecular weight excluding hydrogens is 356 g/mol. The minimum atomic E-state index is -3.54. The molecule has 0 saturated carbocycles. The fourth-order valence-electron chi connectivity index (χ4n) is 3.05. The number of rotatable bonds is 7. The summed E-state index contributed by atoms with van der Waals surface area (Å²) in [4.78, 5) is 3.33. The van der Waals surface area contributed by atoms with E-state index in [1.807, 2.05) is 31.2 Å². The van der Waals surface area contributed by atoms with Crippen LogP contribution >= 0.6 is 11.3 Å². The summed E-state index contributed by atoms with van der Waals surface area (Å²) in [5.41, 5.74) is 2.97. The second-order valence-corrected chi connectivity index (χ2v) is 9.18. The van der Waals surface area contributed by atoms with E-state index < -0.39 is 10.0 Å². The average Bonchev–Trinajstić information content (AvgIpc) is 3.10. The zero-order valence-electron chi connectivity index (χ0n) is 14.6. The van der Waals surface area contributed by atoms with Crippen LogP contribution in [-0.4, -0.2) is 35.2 Å². The summed E-state index contributed by atoms with van der Waals surface area (Å²) in [6.45, 7) is 4.46. The number of fused-ring (bicyclic) bond motifs is 1. The maximum absolute atomic E-state index is 12.6. The summed E-state index contributed by atoms with van der Waals surface area (Å²) in [7, 11) is -1.84. The number of hydrogen-bond acceptors (Lipinski definition) is 5. The van der Waals surface area contributed by atoms with E-state index >= 15 is 0 Å². The van der Waals surface area contributed by atoms with Gasteiger partial charge >= 0.3 is 0 Å². The monoisotopic (exact) mass is 380 g/mol. The number of benzene rings is 1. The number of ether oxygens (including phenoxy) is 1. The topological polar surface area (TPSA) is 58.6 Å². The van der Waals surface area contributed by atoms with Crippen LogP contribution in [0.4, 0.5) is 11.4 Å². The van der Waals surface area contributed by atoms with Crippen molar-refractivity contribution in [1.29, 1.82) is 0 Å². The van der Waals surface area contributed by atoms with E-state index in [2.05, 4.69) is 9.62 Å². The molecule has 2 heterocycles. The van der Waals surface area contributed by atoms with Crippen LogP contribution in [0.25, 0.3) is 0 Å². The summed E-state index contributed by atoms with van der Waals surface area (Å²) in [5, 5.41) is 0. The molecule has 2 aromatic rings. The van der Waals surface area contributed by atoms with Gasteiger partial charge in [-0.05, 0) is 49.1 Å². The van der Waals surface area contributed by atoms with Crippen LogP contribution in [0, 0.1) is 0 Å². The quantitative estimate of drug-likeness (QED) is 0.799. The van der Waals surface area contributed by atoms with E-state index in [1.165, 1.54) is 16.9 Å². The molecule has 0 fully saturated rings. The Morgan fingerprint density at radius 1 is 1.28 bits per heavy atom. The standard InChI is InChI=1S/C18H24N2O3S2/c1-3-16-8-9-18(24-16)25(21,22)19-15-7-6-14-5-4-10-20(11-12-23-2)17(14)13-15/h6-9,13,19H,3-5,10-12H2,1-2H3. The van der Waals surface area contributed by atoms with Crippen LogP contribution in [0.2, 0.25) is 0 Å². The average molecular weight is 381 g/mol. The van der Waals surface area contributed by atoms with Gasteiger partial charge in [0.2, 0.25) is 0 Å². The molecule has 0 radical (unpaired) electrons. The predicted molar refractivity (Wildman–Crippen MR) is 103 cm³/mol. The lowest BCUT2D eigenvalue weighted by molar-refractivity contribution is 0.205. The molecule has 0 atom stereocenters. The molecule has 0 unspecified atom stereocenters. The smallest absolute Gasteiger partial charge is 0.271 e. The molecule has 0 amide bonds. The minimum Gasteiger partial charge on any atom is -0.383 e. The lowest BCUT2D eigenvalue weighted by atomic mass is 10.0. The van der Waals surface area contributed by atoms with Crippen molar-refractivity contribution in [3.05, 3.63) is 40.8 Å². The number of nitrogens with zero attached hydrogens (tertiary/aromatic N) is 1. The number of nitrogens with one attached hydrogen (secondary N) is 1. The third kappa shape index (κ3) is 4.16. The van der Waals surface area contributed by atoms with Crippen LogP contribution in [-0.2, 0) is 27.6 Å². The molecule has 25 heavy (non-hydrogen) atoms. The number of anilines is 2. The number of methoxy groups -OCH3 is 1. The number of sulfonamides is 1. The third-order valence-corrected chi connectivity index (χ3v) is 7.47. The lowest BCUT2D eigenvalue weighted by Gasteiger charge is -2.31.